The first kappa shape index (κ1) is 27.3. The number of aromatic nitrogens is 1. The van der Waals surface area contributed by atoms with Crippen molar-refractivity contribution in [3.63, 3.8) is 0 Å². The summed E-state index contributed by atoms with van der Waals surface area (Å²) in [6, 6.07) is 2.73. The van der Waals surface area contributed by atoms with E-state index in [-0.39, 0.29) is 25.3 Å². The van der Waals surface area contributed by atoms with E-state index in [2.05, 4.69) is 5.32 Å². The number of amides is 2. The number of nitrogens with zero attached hydrogens (tertiary/aromatic N) is 3. The largest absolute Gasteiger partial charge is 0.502 e. The Morgan fingerprint density at radius 3 is 2.56 bits per heavy atom. The second kappa shape index (κ2) is 10.7. The highest BCUT2D eigenvalue weighted by molar-refractivity contribution is 7.51. The molecule has 36 heavy (non-hydrogen) atoms. The molecule has 12 nitrogen and oxygen atoms in total. The van der Waals surface area contributed by atoms with Gasteiger partial charge in [-0.1, -0.05) is 6.07 Å². The highest BCUT2D eigenvalue weighted by Gasteiger charge is 2.39. The molecule has 196 valence electrons. The van der Waals surface area contributed by atoms with Gasteiger partial charge in [-0.15, -0.1) is 0 Å². The number of hydrogen-bond acceptors (Lipinski definition) is 7. The average molecular weight is 530 g/mol. The number of carbonyl (C=O) groups is 2. The maximum atomic E-state index is 13.9. The fourth-order valence-electron chi connectivity index (χ4n) is 3.64. The van der Waals surface area contributed by atoms with Crippen molar-refractivity contribution < 1.29 is 42.6 Å². The summed E-state index contributed by atoms with van der Waals surface area (Å²) in [6.07, 6.45) is -0.588. The second-order valence-electron chi connectivity index (χ2n) is 7.94. The van der Waals surface area contributed by atoms with Crippen LogP contribution in [0.1, 0.15) is 33.3 Å². The van der Waals surface area contributed by atoms with E-state index >= 15 is 0 Å². The van der Waals surface area contributed by atoms with Crippen LogP contribution < -0.4 is 15.8 Å². The van der Waals surface area contributed by atoms with E-state index < -0.39 is 72.4 Å². The monoisotopic (exact) mass is 530 g/mol. The van der Waals surface area contributed by atoms with E-state index in [1.54, 1.807) is 6.92 Å². The zero-order valence-electron chi connectivity index (χ0n) is 19.3. The topological polar surface area (TPSA) is 162 Å². The average Bonchev–Trinajstić information content (AvgIpc) is 2.80. The van der Waals surface area contributed by atoms with Crippen molar-refractivity contribution in [2.45, 2.75) is 19.6 Å². The fraction of sp³-hybridized carbons (Fsp3) is 0.381. The molecule has 0 bridgehead atoms. The lowest BCUT2D eigenvalue weighted by atomic mass is 10.1. The number of nitrogens with one attached hydrogen (secondary N) is 1. The molecular weight excluding hydrogens is 505 g/mol. The van der Waals surface area contributed by atoms with Crippen molar-refractivity contribution in [2.75, 3.05) is 38.0 Å². The minimum atomic E-state index is -4.50. The van der Waals surface area contributed by atoms with E-state index in [1.807, 2.05) is 0 Å². The van der Waals surface area contributed by atoms with Gasteiger partial charge < -0.3 is 29.8 Å². The SMILES string of the molecule is CCOCC1N(C)C(=O)c2c(O)c(=O)c(C(=O)NCc3ccc(F)cc3F)cn2N1CCP(=O)(O)O. The Hall–Kier alpha value is -3.32. The first-order chi connectivity index (χ1) is 16.9. The lowest BCUT2D eigenvalue weighted by Crippen LogP contribution is -2.62. The van der Waals surface area contributed by atoms with Crippen molar-refractivity contribution in [2.24, 2.45) is 0 Å². The van der Waals surface area contributed by atoms with Crippen LogP contribution in [0.2, 0.25) is 0 Å². The summed E-state index contributed by atoms with van der Waals surface area (Å²) < 4.78 is 45.0. The Bertz CT molecular complexity index is 1280. The molecule has 0 spiro atoms. The number of rotatable bonds is 9. The molecule has 3 rings (SSSR count). The Morgan fingerprint density at radius 2 is 1.94 bits per heavy atom. The predicted octanol–water partition coefficient (Wildman–Crippen LogP) is 0.326. The zero-order valence-corrected chi connectivity index (χ0v) is 20.2. The van der Waals surface area contributed by atoms with Crippen molar-refractivity contribution in [1.82, 2.24) is 14.9 Å². The van der Waals surface area contributed by atoms with Gasteiger partial charge in [0.05, 0.1) is 12.8 Å². The molecule has 15 heteroatoms. The third-order valence-corrected chi connectivity index (χ3v) is 6.33. The number of hydrogen-bond donors (Lipinski definition) is 4. The highest BCUT2D eigenvalue weighted by atomic mass is 31.2. The quantitative estimate of drug-likeness (QED) is 0.335. The molecule has 0 aliphatic carbocycles. The maximum absolute atomic E-state index is 13.9. The zero-order chi connectivity index (χ0) is 26.8. The van der Waals surface area contributed by atoms with Crippen LogP contribution in [-0.4, -0.2) is 75.4 Å². The van der Waals surface area contributed by atoms with E-state index in [0.29, 0.717) is 6.07 Å². The molecule has 1 aromatic carbocycles. The number of ether oxygens (including phenoxy) is 1. The van der Waals surface area contributed by atoms with Gasteiger partial charge in [-0.25, -0.2) is 8.78 Å². The Morgan fingerprint density at radius 1 is 1.25 bits per heavy atom. The Labute approximate surface area is 203 Å². The van der Waals surface area contributed by atoms with E-state index in [0.717, 1.165) is 27.9 Å². The molecule has 2 amide bonds. The molecule has 0 radical (unpaired) electrons. The van der Waals surface area contributed by atoms with Crippen LogP contribution in [0.4, 0.5) is 8.78 Å². The minimum absolute atomic E-state index is 0.0658. The predicted molar refractivity (Wildman–Crippen MR) is 122 cm³/mol. The summed E-state index contributed by atoms with van der Waals surface area (Å²) in [5.41, 5.74) is -2.38. The van der Waals surface area contributed by atoms with Gasteiger partial charge in [-0.3, -0.25) is 28.6 Å². The molecule has 1 aliphatic rings. The molecule has 0 saturated carbocycles. The minimum Gasteiger partial charge on any atom is -0.502 e. The molecule has 4 N–H and O–H groups in total. The first-order valence-electron chi connectivity index (χ1n) is 10.7. The third kappa shape index (κ3) is 5.73. The summed E-state index contributed by atoms with van der Waals surface area (Å²) in [7, 11) is -3.14. The van der Waals surface area contributed by atoms with Gasteiger partial charge in [0.15, 0.2) is 11.4 Å². The number of aromatic hydroxyl groups is 1. The number of benzene rings is 1. The summed E-state index contributed by atoms with van der Waals surface area (Å²) in [5.74, 6) is -4.61. The van der Waals surface area contributed by atoms with Crippen molar-refractivity contribution in [1.29, 1.82) is 0 Å². The molecule has 1 aromatic heterocycles. The Kier molecular flexibility index (Phi) is 8.14. The normalized spacial score (nSPS) is 15.7. The smallest absolute Gasteiger partial charge is 0.327 e. The van der Waals surface area contributed by atoms with Crippen LogP contribution in [0.5, 0.6) is 5.75 Å². The molecule has 2 heterocycles. The van der Waals surface area contributed by atoms with Crippen LogP contribution in [0.25, 0.3) is 0 Å². The van der Waals surface area contributed by atoms with Gasteiger partial charge in [0.25, 0.3) is 11.8 Å². The lowest BCUT2D eigenvalue weighted by Gasteiger charge is -2.45. The molecule has 1 aliphatic heterocycles. The number of halogens is 2. The number of carbonyl (C=O) groups excluding carboxylic acids is 2. The van der Waals surface area contributed by atoms with Crippen molar-refractivity contribution >= 4 is 19.4 Å². The van der Waals surface area contributed by atoms with Gasteiger partial charge in [0, 0.05) is 44.6 Å². The van der Waals surface area contributed by atoms with Crippen LogP contribution in [0.3, 0.4) is 0 Å². The van der Waals surface area contributed by atoms with Gasteiger partial charge in [0.2, 0.25) is 5.43 Å². The van der Waals surface area contributed by atoms with Crippen LogP contribution in [0, 0.1) is 11.6 Å². The highest BCUT2D eigenvalue weighted by Crippen LogP contribution is 2.34. The van der Waals surface area contributed by atoms with Crippen molar-refractivity contribution in [3.8, 4) is 5.75 Å². The fourth-order valence-corrected chi connectivity index (χ4v) is 4.11. The number of likely N-dealkylation sites (N-methyl/N-ethyl adjacent to an activating group) is 1. The summed E-state index contributed by atoms with van der Waals surface area (Å²) >= 11 is 0. The Balaban J connectivity index is 2.03. The second-order valence-corrected chi connectivity index (χ2v) is 9.72. The molecule has 1 atom stereocenters. The van der Waals surface area contributed by atoms with Crippen molar-refractivity contribution in [3.05, 3.63) is 63.1 Å². The van der Waals surface area contributed by atoms with E-state index in [1.165, 1.54) is 12.1 Å². The summed E-state index contributed by atoms with van der Waals surface area (Å²) in [4.78, 5) is 58.4. The van der Waals surface area contributed by atoms with E-state index in [4.69, 9.17) is 4.74 Å². The van der Waals surface area contributed by atoms with Gasteiger partial charge in [0.1, 0.15) is 23.4 Å². The summed E-state index contributed by atoms with van der Waals surface area (Å²) in [5, 5.41) is 14.1. The molecule has 2 aromatic rings. The van der Waals surface area contributed by atoms with Crippen LogP contribution >= 0.6 is 7.60 Å². The van der Waals surface area contributed by atoms with Gasteiger partial charge >= 0.3 is 7.60 Å². The van der Waals surface area contributed by atoms with Crippen LogP contribution in [-0.2, 0) is 15.8 Å². The molecule has 1 unspecified atom stereocenters. The van der Waals surface area contributed by atoms with Crippen LogP contribution in [0.15, 0.2) is 29.2 Å². The number of fused-ring (bicyclic) bond motifs is 1. The third-order valence-electron chi connectivity index (χ3n) is 5.55. The molecule has 0 fully saturated rings. The maximum Gasteiger partial charge on any atom is 0.327 e. The summed E-state index contributed by atoms with van der Waals surface area (Å²) in [6.45, 7) is 1.13. The molecular formula is C21H25F2N4O8P. The lowest BCUT2D eigenvalue weighted by molar-refractivity contribution is 0.0379. The molecule has 0 saturated heterocycles. The standard InChI is InChI=1S/C21H25F2N4O8P/c1-3-35-11-16-25(2)21(31)17-19(29)18(28)14(10-27(17)26(16)6-7-36(32,33)34)20(30)24-9-12-4-5-13(22)8-15(12)23/h4-5,8,10,16,29H,3,6-7,9,11H2,1-2H3,(H,24,30)(H2,32,33,34). The van der Waals surface area contributed by atoms with E-state index in [9.17, 15) is 42.6 Å². The van der Waals surface area contributed by atoms with Gasteiger partial charge in [-0.05, 0) is 13.0 Å². The first-order valence-corrected chi connectivity index (χ1v) is 12.5. The van der Waals surface area contributed by atoms with Gasteiger partial charge in [-0.2, -0.15) is 0 Å². The number of pyridine rings is 1.